The number of nitrogens with two attached hydrogens (primary N) is 1. The van der Waals surface area contributed by atoms with Gasteiger partial charge in [-0.2, -0.15) is 0 Å². The van der Waals surface area contributed by atoms with Gasteiger partial charge in [0, 0.05) is 18.8 Å². The maximum atomic E-state index is 5.73. The minimum Gasteiger partial charge on any atom is -0.399 e. The third-order valence-corrected chi connectivity index (χ3v) is 2.69. The van der Waals surface area contributed by atoms with Crippen LogP contribution in [0.2, 0.25) is 0 Å². The molecule has 3 N–H and O–H groups in total. The van der Waals surface area contributed by atoms with Gasteiger partial charge >= 0.3 is 0 Å². The van der Waals surface area contributed by atoms with Crippen molar-refractivity contribution in [2.45, 2.75) is 20.0 Å². The normalized spacial score (nSPS) is 10.4. The van der Waals surface area contributed by atoms with Crippen LogP contribution in [0.25, 0.3) is 0 Å². The number of hydrogen-bond acceptors (Lipinski definition) is 2. The van der Waals surface area contributed by atoms with Crippen molar-refractivity contribution in [3.8, 4) is 0 Å². The van der Waals surface area contributed by atoms with E-state index in [4.69, 9.17) is 5.73 Å². The minimum atomic E-state index is 0.819. The lowest BCUT2D eigenvalue weighted by Crippen LogP contribution is -2.12. The van der Waals surface area contributed by atoms with Gasteiger partial charge in [-0.05, 0) is 30.2 Å². The molecule has 0 unspecified atom stereocenters. The van der Waals surface area contributed by atoms with E-state index in [9.17, 15) is 0 Å². The molecule has 0 aliphatic rings. The number of benzene rings is 2. The molecule has 0 saturated heterocycles. The summed E-state index contributed by atoms with van der Waals surface area (Å²) in [6, 6.07) is 16.5. The zero-order chi connectivity index (χ0) is 12.1. The highest BCUT2D eigenvalue weighted by Crippen LogP contribution is 2.07. The van der Waals surface area contributed by atoms with Crippen molar-refractivity contribution in [2.24, 2.45) is 0 Å². The highest BCUT2D eigenvalue weighted by atomic mass is 14.8. The van der Waals surface area contributed by atoms with Crippen molar-refractivity contribution >= 4 is 5.69 Å². The van der Waals surface area contributed by atoms with Crippen LogP contribution in [-0.4, -0.2) is 0 Å². The zero-order valence-corrected chi connectivity index (χ0v) is 10.1. The molecule has 88 valence electrons. The Labute approximate surface area is 102 Å². The van der Waals surface area contributed by atoms with E-state index < -0.39 is 0 Å². The van der Waals surface area contributed by atoms with Crippen molar-refractivity contribution in [3.63, 3.8) is 0 Å². The lowest BCUT2D eigenvalue weighted by atomic mass is 10.1. The number of anilines is 1. The largest absolute Gasteiger partial charge is 0.399 e. The van der Waals surface area contributed by atoms with Crippen LogP contribution in [0.3, 0.4) is 0 Å². The number of rotatable bonds is 4. The first-order valence-electron chi connectivity index (χ1n) is 5.85. The van der Waals surface area contributed by atoms with Crippen molar-refractivity contribution in [1.82, 2.24) is 5.32 Å². The molecule has 0 spiro atoms. The average molecular weight is 226 g/mol. The van der Waals surface area contributed by atoms with E-state index in [1.54, 1.807) is 0 Å². The van der Waals surface area contributed by atoms with Crippen LogP contribution in [-0.2, 0) is 13.1 Å². The highest BCUT2D eigenvalue weighted by molar-refractivity contribution is 5.40. The predicted octanol–water partition coefficient (Wildman–Crippen LogP) is 2.87. The van der Waals surface area contributed by atoms with E-state index in [0.717, 1.165) is 18.8 Å². The molecule has 17 heavy (non-hydrogen) atoms. The quantitative estimate of drug-likeness (QED) is 0.787. The molecule has 0 saturated carbocycles. The van der Waals surface area contributed by atoms with Gasteiger partial charge in [-0.25, -0.2) is 0 Å². The summed E-state index contributed by atoms with van der Waals surface area (Å²) >= 11 is 0. The second-order valence-corrected chi connectivity index (χ2v) is 4.34. The van der Waals surface area contributed by atoms with Gasteiger partial charge in [-0.1, -0.05) is 42.0 Å². The molecule has 0 aromatic heterocycles. The van der Waals surface area contributed by atoms with Crippen molar-refractivity contribution in [3.05, 3.63) is 65.2 Å². The van der Waals surface area contributed by atoms with Crippen LogP contribution in [0.4, 0.5) is 5.69 Å². The van der Waals surface area contributed by atoms with E-state index >= 15 is 0 Å². The monoisotopic (exact) mass is 226 g/mol. The van der Waals surface area contributed by atoms with E-state index in [2.05, 4.69) is 42.6 Å². The van der Waals surface area contributed by atoms with Crippen LogP contribution in [0.5, 0.6) is 0 Å². The molecule has 0 bridgehead atoms. The van der Waals surface area contributed by atoms with E-state index in [1.165, 1.54) is 16.7 Å². The fourth-order valence-corrected chi connectivity index (χ4v) is 1.88. The van der Waals surface area contributed by atoms with Crippen LogP contribution in [0.1, 0.15) is 16.7 Å². The van der Waals surface area contributed by atoms with Gasteiger partial charge in [0.15, 0.2) is 0 Å². The molecular formula is C15H18N2. The molecule has 2 rings (SSSR count). The van der Waals surface area contributed by atoms with Crippen LogP contribution in [0, 0.1) is 6.92 Å². The molecule has 2 aromatic carbocycles. The second-order valence-electron chi connectivity index (χ2n) is 4.34. The van der Waals surface area contributed by atoms with Gasteiger partial charge in [0.25, 0.3) is 0 Å². The molecule has 0 aliphatic carbocycles. The van der Waals surface area contributed by atoms with Crippen LogP contribution >= 0.6 is 0 Å². The third-order valence-electron chi connectivity index (χ3n) is 2.69. The Bertz CT molecular complexity index is 446. The van der Waals surface area contributed by atoms with Gasteiger partial charge in [-0.3, -0.25) is 0 Å². The first-order chi connectivity index (χ1) is 8.24. The Hall–Kier alpha value is -1.80. The van der Waals surface area contributed by atoms with Crippen LogP contribution < -0.4 is 11.1 Å². The van der Waals surface area contributed by atoms with Gasteiger partial charge in [-0.15, -0.1) is 0 Å². The highest BCUT2D eigenvalue weighted by Gasteiger charge is 1.95. The van der Waals surface area contributed by atoms with Crippen LogP contribution in [0.15, 0.2) is 48.5 Å². The molecule has 0 heterocycles. The second kappa shape index (κ2) is 5.51. The van der Waals surface area contributed by atoms with Crippen molar-refractivity contribution < 1.29 is 0 Å². The Morgan fingerprint density at radius 3 is 2.24 bits per heavy atom. The topological polar surface area (TPSA) is 38.0 Å². The number of aryl methyl sites for hydroxylation is 1. The summed E-state index contributed by atoms with van der Waals surface area (Å²) in [5.41, 5.74) is 10.4. The fourth-order valence-electron chi connectivity index (χ4n) is 1.88. The van der Waals surface area contributed by atoms with E-state index in [0.29, 0.717) is 0 Å². The molecule has 0 amide bonds. The van der Waals surface area contributed by atoms with Gasteiger partial charge in [0.05, 0.1) is 0 Å². The van der Waals surface area contributed by atoms with Gasteiger partial charge in [0.2, 0.25) is 0 Å². The molecule has 0 aliphatic heterocycles. The molecule has 0 fully saturated rings. The molecule has 2 heteroatoms. The Morgan fingerprint density at radius 1 is 0.941 bits per heavy atom. The summed E-state index contributed by atoms with van der Waals surface area (Å²) in [6.07, 6.45) is 0. The molecule has 2 aromatic rings. The Balaban J connectivity index is 1.87. The maximum absolute atomic E-state index is 5.73. The average Bonchev–Trinajstić information content (AvgIpc) is 2.29. The summed E-state index contributed by atoms with van der Waals surface area (Å²) in [7, 11) is 0. The lowest BCUT2D eigenvalue weighted by Gasteiger charge is -2.06. The van der Waals surface area contributed by atoms with Gasteiger partial charge < -0.3 is 11.1 Å². The van der Waals surface area contributed by atoms with Crippen molar-refractivity contribution in [1.29, 1.82) is 0 Å². The molecule has 0 atom stereocenters. The lowest BCUT2D eigenvalue weighted by molar-refractivity contribution is 0.693. The Kier molecular flexibility index (Phi) is 3.78. The number of nitrogen functional groups attached to an aromatic ring is 1. The number of nitrogens with one attached hydrogen (secondary N) is 1. The third kappa shape index (κ3) is 3.61. The SMILES string of the molecule is Cc1cccc(CNCc2cccc(N)c2)c1. The first-order valence-corrected chi connectivity index (χ1v) is 5.85. The molecular weight excluding hydrogens is 208 g/mol. The fraction of sp³-hybridized carbons (Fsp3) is 0.200. The molecule has 2 nitrogen and oxygen atoms in total. The number of hydrogen-bond donors (Lipinski definition) is 2. The molecule has 0 radical (unpaired) electrons. The minimum absolute atomic E-state index is 0.819. The van der Waals surface area contributed by atoms with Gasteiger partial charge in [0.1, 0.15) is 0 Å². The summed E-state index contributed by atoms with van der Waals surface area (Å²) in [5.74, 6) is 0. The maximum Gasteiger partial charge on any atom is 0.0317 e. The predicted molar refractivity (Wildman–Crippen MR) is 72.6 cm³/mol. The first kappa shape index (κ1) is 11.7. The van der Waals surface area contributed by atoms with E-state index in [1.807, 2.05) is 18.2 Å². The zero-order valence-electron chi connectivity index (χ0n) is 10.1. The smallest absolute Gasteiger partial charge is 0.0317 e. The summed E-state index contributed by atoms with van der Waals surface area (Å²) in [5, 5.41) is 3.42. The summed E-state index contributed by atoms with van der Waals surface area (Å²) < 4.78 is 0. The summed E-state index contributed by atoms with van der Waals surface area (Å²) in [6.45, 7) is 3.84. The summed E-state index contributed by atoms with van der Waals surface area (Å²) in [4.78, 5) is 0. The Morgan fingerprint density at radius 2 is 1.59 bits per heavy atom. The standard InChI is InChI=1S/C15H18N2/c1-12-4-2-5-13(8-12)10-17-11-14-6-3-7-15(16)9-14/h2-9,17H,10-11,16H2,1H3. The van der Waals surface area contributed by atoms with Crippen molar-refractivity contribution in [2.75, 3.05) is 5.73 Å². The van der Waals surface area contributed by atoms with E-state index in [-0.39, 0.29) is 0 Å².